The zero-order valence-corrected chi connectivity index (χ0v) is 17.1. The van der Waals surface area contributed by atoms with Gasteiger partial charge in [-0.25, -0.2) is 0 Å². The Labute approximate surface area is 163 Å². The van der Waals surface area contributed by atoms with Crippen molar-refractivity contribution in [3.05, 3.63) is 28.3 Å². The lowest BCUT2D eigenvalue weighted by Gasteiger charge is -2.33. The van der Waals surface area contributed by atoms with Gasteiger partial charge < -0.3 is 20.0 Å². The van der Waals surface area contributed by atoms with E-state index >= 15 is 0 Å². The van der Waals surface area contributed by atoms with E-state index in [0.29, 0.717) is 0 Å². The van der Waals surface area contributed by atoms with E-state index in [9.17, 15) is 0 Å². The number of aryl methyl sites for hydroxylation is 1. The van der Waals surface area contributed by atoms with E-state index in [4.69, 9.17) is 11.6 Å². The summed E-state index contributed by atoms with van der Waals surface area (Å²) in [5.41, 5.74) is 4.17. The van der Waals surface area contributed by atoms with Crippen molar-refractivity contribution >= 4 is 29.7 Å². The molecule has 2 saturated heterocycles. The maximum atomic E-state index is 6.43. The molecule has 1 aromatic rings. The van der Waals surface area contributed by atoms with E-state index in [0.717, 1.165) is 37.6 Å². The fourth-order valence-electron chi connectivity index (χ4n) is 3.78. The highest BCUT2D eigenvalue weighted by molar-refractivity contribution is 6.31. The molecular weight excluding hydrogens is 355 g/mol. The minimum Gasteiger partial charge on any atom is -0.369 e. The summed E-state index contributed by atoms with van der Waals surface area (Å²) in [6, 6.07) is 4.32. The average Bonchev–Trinajstić information content (AvgIpc) is 2.60. The second-order valence-corrected chi connectivity index (χ2v) is 7.63. The summed E-state index contributed by atoms with van der Waals surface area (Å²) in [6.07, 6.45) is 2.34. The molecular formula is C19H32Cl2N4. The maximum absolute atomic E-state index is 6.43. The van der Waals surface area contributed by atoms with E-state index < -0.39 is 0 Å². The highest BCUT2D eigenvalue weighted by Crippen LogP contribution is 2.29. The van der Waals surface area contributed by atoms with E-state index in [-0.39, 0.29) is 12.4 Å². The molecule has 2 aliphatic heterocycles. The quantitative estimate of drug-likeness (QED) is 0.839. The normalized spacial score (nSPS) is 19.7. The molecule has 0 radical (unpaired) electrons. The molecule has 0 amide bonds. The third-order valence-corrected chi connectivity index (χ3v) is 5.64. The molecule has 0 aromatic heterocycles. The number of halogens is 2. The fourth-order valence-corrected chi connectivity index (χ4v) is 4.01. The Bertz CT molecular complexity index is 538. The third-order valence-electron chi connectivity index (χ3n) is 5.43. The van der Waals surface area contributed by atoms with Gasteiger partial charge in [-0.1, -0.05) is 11.6 Å². The van der Waals surface area contributed by atoms with Crippen molar-refractivity contribution in [2.24, 2.45) is 0 Å². The van der Waals surface area contributed by atoms with Gasteiger partial charge in [0.1, 0.15) is 0 Å². The minimum absolute atomic E-state index is 0. The molecule has 25 heavy (non-hydrogen) atoms. The SMILES string of the molecule is Cc1c(CCCN2CCN(C)CC2)cc(Cl)cc1N1CCNCC1.Cl. The summed E-state index contributed by atoms with van der Waals surface area (Å²) >= 11 is 6.43. The number of hydrogen-bond donors (Lipinski definition) is 1. The van der Waals surface area contributed by atoms with Gasteiger partial charge in [0, 0.05) is 63.1 Å². The van der Waals surface area contributed by atoms with Crippen molar-refractivity contribution in [3.8, 4) is 0 Å². The third kappa shape index (κ3) is 5.73. The van der Waals surface area contributed by atoms with Crippen molar-refractivity contribution in [1.29, 1.82) is 0 Å². The predicted octanol–water partition coefficient (Wildman–Crippen LogP) is 2.66. The van der Waals surface area contributed by atoms with Crippen LogP contribution in [-0.2, 0) is 6.42 Å². The number of likely N-dealkylation sites (N-methyl/N-ethyl adjacent to an activating group) is 1. The zero-order chi connectivity index (χ0) is 16.9. The first-order chi connectivity index (χ1) is 11.6. The van der Waals surface area contributed by atoms with Gasteiger partial charge in [-0.3, -0.25) is 0 Å². The molecule has 6 heteroatoms. The number of benzene rings is 1. The number of anilines is 1. The Morgan fingerprint density at radius 1 is 1.04 bits per heavy atom. The van der Waals surface area contributed by atoms with Gasteiger partial charge in [0.2, 0.25) is 0 Å². The molecule has 0 bridgehead atoms. The summed E-state index contributed by atoms with van der Waals surface area (Å²) in [4.78, 5) is 7.48. The molecule has 142 valence electrons. The molecule has 0 atom stereocenters. The van der Waals surface area contributed by atoms with Crippen molar-refractivity contribution in [2.45, 2.75) is 19.8 Å². The van der Waals surface area contributed by atoms with Crippen molar-refractivity contribution in [2.75, 3.05) is 70.9 Å². The summed E-state index contributed by atoms with van der Waals surface area (Å²) < 4.78 is 0. The lowest BCUT2D eigenvalue weighted by molar-refractivity contribution is 0.153. The molecule has 0 aliphatic carbocycles. The Morgan fingerprint density at radius 2 is 1.72 bits per heavy atom. The second kappa shape index (κ2) is 9.98. The van der Waals surface area contributed by atoms with Crippen molar-refractivity contribution in [3.63, 3.8) is 0 Å². The molecule has 1 N–H and O–H groups in total. The summed E-state index contributed by atoms with van der Waals surface area (Å²) in [6.45, 7) is 12.5. The van der Waals surface area contributed by atoms with E-state index in [1.807, 2.05) is 0 Å². The molecule has 2 heterocycles. The Hall–Kier alpha value is -0.520. The van der Waals surface area contributed by atoms with Gasteiger partial charge >= 0.3 is 0 Å². The molecule has 0 spiro atoms. The number of nitrogens with zero attached hydrogens (tertiary/aromatic N) is 3. The first kappa shape index (κ1) is 20.8. The highest BCUT2D eigenvalue weighted by atomic mass is 35.5. The van der Waals surface area contributed by atoms with E-state index in [2.05, 4.69) is 46.1 Å². The number of nitrogens with one attached hydrogen (secondary N) is 1. The van der Waals surface area contributed by atoms with Gasteiger partial charge in [0.05, 0.1) is 0 Å². The number of hydrogen-bond acceptors (Lipinski definition) is 4. The first-order valence-electron chi connectivity index (χ1n) is 9.29. The van der Waals surface area contributed by atoms with Gasteiger partial charge in [0.15, 0.2) is 0 Å². The standard InChI is InChI=1S/C19H31ClN4.ClH/c1-16-17(4-3-7-23-12-10-22(2)11-13-23)14-18(20)15-19(16)24-8-5-21-6-9-24;/h14-15,21H,3-13H2,1-2H3;1H. The van der Waals surface area contributed by atoms with E-state index in [1.54, 1.807) is 0 Å². The van der Waals surface area contributed by atoms with Gasteiger partial charge in [-0.2, -0.15) is 0 Å². The molecule has 4 nitrogen and oxygen atoms in total. The van der Waals surface area contributed by atoms with Crippen LogP contribution < -0.4 is 10.2 Å². The van der Waals surface area contributed by atoms with Crippen LogP contribution in [0.5, 0.6) is 0 Å². The van der Waals surface area contributed by atoms with Crippen LogP contribution in [0.3, 0.4) is 0 Å². The van der Waals surface area contributed by atoms with Crippen LogP contribution in [0.2, 0.25) is 5.02 Å². The lowest BCUT2D eigenvalue weighted by atomic mass is 10.0. The topological polar surface area (TPSA) is 21.8 Å². The Morgan fingerprint density at radius 3 is 2.40 bits per heavy atom. The fraction of sp³-hybridized carbons (Fsp3) is 0.684. The molecule has 2 fully saturated rings. The summed E-state index contributed by atoms with van der Waals surface area (Å²) in [5, 5.41) is 4.30. The summed E-state index contributed by atoms with van der Waals surface area (Å²) in [5.74, 6) is 0. The molecule has 1 aromatic carbocycles. The molecule has 0 unspecified atom stereocenters. The monoisotopic (exact) mass is 386 g/mol. The van der Waals surface area contributed by atoms with Crippen LogP contribution >= 0.6 is 24.0 Å². The zero-order valence-electron chi connectivity index (χ0n) is 15.6. The van der Waals surface area contributed by atoms with Crippen LogP contribution in [0.25, 0.3) is 0 Å². The summed E-state index contributed by atoms with van der Waals surface area (Å²) in [7, 11) is 2.21. The second-order valence-electron chi connectivity index (χ2n) is 7.19. The molecule has 0 saturated carbocycles. The predicted molar refractivity (Wildman–Crippen MR) is 111 cm³/mol. The maximum Gasteiger partial charge on any atom is 0.0429 e. The highest BCUT2D eigenvalue weighted by Gasteiger charge is 2.17. The van der Waals surface area contributed by atoms with Crippen LogP contribution in [-0.4, -0.2) is 75.8 Å². The average molecular weight is 387 g/mol. The Kier molecular flexibility index (Phi) is 8.30. The van der Waals surface area contributed by atoms with Gasteiger partial charge in [0.25, 0.3) is 0 Å². The van der Waals surface area contributed by atoms with Crippen LogP contribution in [0.1, 0.15) is 17.5 Å². The Balaban J connectivity index is 0.00000225. The number of rotatable bonds is 5. The van der Waals surface area contributed by atoms with Crippen LogP contribution in [0.4, 0.5) is 5.69 Å². The van der Waals surface area contributed by atoms with Crippen molar-refractivity contribution in [1.82, 2.24) is 15.1 Å². The molecule has 3 rings (SSSR count). The minimum atomic E-state index is 0. The first-order valence-corrected chi connectivity index (χ1v) is 9.67. The van der Waals surface area contributed by atoms with Crippen LogP contribution in [0.15, 0.2) is 12.1 Å². The van der Waals surface area contributed by atoms with Crippen molar-refractivity contribution < 1.29 is 0 Å². The number of piperazine rings is 2. The largest absolute Gasteiger partial charge is 0.369 e. The lowest BCUT2D eigenvalue weighted by Crippen LogP contribution is -2.44. The molecule has 2 aliphatic rings. The van der Waals surface area contributed by atoms with Gasteiger partial charge in [-0.05, 0) is 56.6 Å². The van der Waals surface area contributed by atoms with Gasteiger partial charge in [-0.15, -0.1) is 12.4 Å². The van der Waals surface area contributed by atoms with Crippen LogP contribution in [0, 0.1) is 6.92 Å². The van der Waals surface area contributed by atoms with E-state index in [1.165, 1.54) is 56.0 Å². The smallest absolute Gasteiger partial charge is 0.0429 e.